The Balaban J connectivity index is 2.15. The lowest BCUT2D eigenvalue weighted by atomic mass is 10.2. The predicted molar refractivity (Wildman–Crippen MR) is 64.0 cm³/mol. The van der Waals surface area contributed by atoms with Crippen molar-refractivity contribution in [3.05, 3.63) is 39.1 Å². The van der Waals surface area contributed by atoms with Gasteiger partial charge in [0.1, 0.15) is 5.82 Å². The Morgan fingerprint density at radius 3 is 2.82 bits per heavy atom. The highest BCUT2D eigenvalue weighted by molar-refractivity contribution is 7.17. The van der Waals surface area contributed by atoms with Crippen molar-refractivity contribution in [2.75, 3.05) is 5.32 Å². The van der Waals surface area contributed by atoms with Crippen molar-refractivity contribution in [3.63, 3.8) is 0 Å². The molecule has 88 valence electrons. The van der Waals surface area contributed by atoms with Crippen LogP contribution in [0, 0.1) is 12.7 Å². The molecule has 1 aromatic carbocycles. The standard InChI is InChI=1S/C10H7ClFN3OS/c1-5-4-6(2-3-7(5)12)13-8(16)9-14-15-10(11)17-9/h2-4H,1H3,(H,13,16). The maximum atomic E-state index is 13.0. The van der Waals surface area contributed by atoms with E-state index in [0.29, 0.717) is 11.3 Å². The first kappa shape index (κ1) is 11.9. The summed E-state index contributed by atoms with van der Waals surface area (Å²) in [6.45, 7) is 1.62. The Labute approximate surface area is 105 Å². The Bertz CT molecular complexity index is 572. The number of benzene rings is 1. The van der Waals surface area contributed by atoms with Gasteiger partial charge in [0.2, 0.25) is 9.47 Å². The molecule has 1 aromatic heterocycles. The summed E-state index contributed by atoms with van der Waals surface area (Å²) >= 11 is 6.55. The van der Waals surface area contributed by atoms with Crippen LogP contribution in [0.4, 0.5) is 10.1 Å². The van der Waals surface area contributed by atoms with Gasteiger partial charge in [0.25, 0.3) is 5.91 Å². The second-order valence-corrected chi connectivity index (χ2v) is 4.84. The van der Waals surface area contributed by atoms with E-state index in [0.717, 1.165) is 11.3 Å². The van der Waals surface area contributed by atoms with Crippen LogP contribution in [0.2, 0.25) is 4.47 Å². The summed E-state index contributed by atoms with van der Waals surface area (Å²) in [6, 6.07) is 4.30. The molecule has 2 rings (SSSR count). The molecular weight excluding hydrogens is 265 g/mol. The third-order valence-electron chi connectivity index (χ3n) is 2.01. The number of nitrogens with one attached hydrogen (secondary N) is 1. The third kappa shape index (κ3) is 2.78. The third-order valence-corrected chi connectivity index (χ3v) is 3.03. The second kappa shape index (κ2) is 4.77. The van der Waals surface area contributed by atoms with E-state index in [2.05, 4.69) is 15.5 Å². The molecule has 17 heavy (non-hydrogen) atoms. The summed E-state index contributed by atoms with van der Waals surface area (Å²) in [5, 5.41) is 9.87. The fourth-order valence-corrected chi connectivity index (χ4v) is 1.93. The van der Waals surface area contributed by atoms with Gasteiger partial charge < -0.3 is 5.32 Å². The summed E-state index contributed by atoms with van der Waals surface area (Å²) in [5.74, 6) is -0.734. The van der Waals surface area contributed by atoms with Crippen LogP contribution in [0.5, 0.6) is 0 Å². The van der Waals surface area contributed by atoms with Gasteiger partial charge in [-0.25, -0.2) is 4.39 Å². The molecule has 0 radical (unpaired) electrons. The summed E-state index contributed by atoms with van der Waals surface area (Å²) < 4.78 is 13.2. The summed E-state index contributed by atoms with van der Waals surface area (Å²) in [5.41, 5.74) is 0.957. The molecule has 2 aromatic rings. The fraction of sp³-hybridized carbons (Fsp3) is 0.100. The van der Waals surface area contributed by atoms with Crippen molar-refractivity contribution in [1.29, 1.82) is 0 Å². The number of carbonyl (C=O) groups excluding carboxylic acids is 1. The van der Waals surface area contributed by atoms with E-state index in [1.54, 1.807) is 6.92 Å². The number of nitrogens with zero attached hydrogens (tertiary/aromatic N) is 2. The maximum absolute atomic E-state index is 13.0. The summed E-state index contributed by atoms with van der Waals surface area (Å²) in [7, 11) is 0. The first-order valence-corrected chi connectivity index (χ1v) is 5.82. The van der Waals surface area contributed by atoms with Crippen LogP contribution in [0.15, 0.2) is 18.2 Å². The number of aryl methyl sites for hydroxylation is 1. The lowest BCUT2D eigenvalue weighted by molar-refractivity contribution is 0.102. The zero-order valence-corrected chi connectivity index (χ0v) is 10.3. The van der Waals surface area contributed by atoms with E-state index in [1.807, 2.05) is 0 Å². The molecule has 1 amide bonds. The van der Waals surface area contributed by atoms with Crippen LogP contribution in [0.25, 0.3) is 0 Å². The average molecular weight is 272 g/mol. The molecule has 4 nitrogen and oxygen atoms in total. The van der Waals surface area contributed by atoms with Crippen LogP contribution in [0.3, 0.4) is 0 Å². The number of hydrogen-bond donors (Lipinski definition) is 1. The minimum absolute atomic E-state index is 0.164. The van der Waals surface area contributed by atoms with Crippen molar-refractivity contribution in [3.8, 4) is 0 Å². The second-order valence-electron chi connectivity index (χ2n) is 3.28. The number of amides is 1. The zero-order chi connectivity index (χ0) is 12.4. The monoisotopic (exact) mass is 271 g/mol. The molecule has 0 spiro atoms. The number of halogens is 2. The molecule has 0 saturated carbocycles. The quantitative estimate of drug-likeness (QED) is 0.914. The summed E-state index contributed by atoms with van der Waals surface area (Å²) in [4.78, 5) is 11.7. The molecule has 0 unspecified atom stereocenters. The van der Waals surface area contributed by atoms with Gasteiger partial charge in [-0.2, -0.15) is 0 Å². The SMILES string of the molecule is Cc1cc(NC(=O)c2nnc(Cl)s2)ccc1F. The Morgan fingerprint density at radius 1 is 1.47 bits per heavy atom. The number of hydrogen-bond acceptors (Lipinski definition) is 4. The lowest BCUT2D eigenvalue weighted by Gasteiger charge is -2.04. The topological polar surface area (TPSA) is 54.9 Å². The number of aromatic nitrogens is 2. The van der Waals surface area contributed by atoms with Gasteiger partial charge in [0, 0.05) is 5.69 Å². The van der Waals surface area contributed by atoms with E-state index in [-0.39, 0.29) is 15.3 Å². The normalized spacial score (nSPS) is 10.3. The van der Waals surface area contributed by atoms with Crippen molar-refractivity contribution in [2.24, 2.45) is 0 Å². The van der Waals surface area contributed by atoms with Gasteiger partial charge in [-0.05, 0) is 42.3 Å². The van der Waals surface area contributed by atoms with E-state index in [4.69, 9.17) is 11.6 Å². The van der Waals surface area contributed by atoms with Crippen molar-refractivity contribution in [1.82, 2.24) is 10.2 Å². The van der Waals surface area contributed by atoms with Gasteiger partial charge in [-0.3, -0.25) is 4.79 Å². The minimum Gasteiger partial charge on any atom is -0.320 e. The van der Waals surface area contributed by atoms with Gasteiger partial charge in [0.05, 0.1) is 0 Å². The maximum Gasteiger partial charge on any atom is 0.286 e. The molecule has 1 N–H and O–H groups in total. The van der Waals surface area contributed by atoms with E-state index in [9.17, 15) is 9.18 Å². The molecule has 0 aliphatic heterocycles. The Kier molecular flexibility index (Phi) is 3.35. The summed E-state index contributed by atoms with van der Waals surface area (Å²) in [6.07, 6.45) is 0. The molecule has 0 aliphatic carbocycles. The first-order chi connectivity index (χ1) is 8.06. The smallest absolute Gasteiger partial charge is 0.286 e. The van der Waals surface area contributed by atoms with E-state index in [1.165, 1.54) is 18.2 Å². The van der Waals surface area contributed by atoms with Crippen LogP contribution >= 0.6 is 22.9 Å². The number of anilines is 1. The number of rotatable bonds is 2. The van der Waals surface area contributed by atoms with Crippen LogP contribution < -0.4 is 5.32 Å². The highest BCUT2D eigenvalue weighted by atomic mass is 35.5. The Hall–Kier alpha value is -1.53. The lowest BCUT2D eigenvalue weighted by Crippen LogP contribution is -2.11. The highest BCUT2D eigenvalue weighted by Gasteiger charge is 2.12. The average Bonchev–Trinajstić information content (AvgIpc) is 2.70. The van der Waals surface area contributed by atoms with Crippen LogP contribution in [-0.2, 0) is 0 Å². The van der Waals surface area contributed by atoms with Crippen molar-refractivity contribution >= 4 is 34.5 Å². The first-order valence-electron chi connectivity index (χ1n) is 4.63. The number of carbonyl (C=O) groups is 1. The van der Waals surface area contributed by atoms with Crippen LogP contribution in [0.1, 0.15) is 15.4 Å². The molecule has 1 heterocycles. The minimum atomic E-state index is -0.416. The van der Waals surface area contributed by atoms with Gasteiger partial charge in [-0.1, -0.05) is 11.3 Å². The van der Waals surface area contributed by atoms with E-state index < -0.39 is 5.91 Å². The highest BCUT2D eigenvalue weighted by Crippen LogP contribution is 2.18. The fourth-order valence-electron chi connectivity index (χ4n) is 1.20. The molecule has 0 bridgehead atoms. The van der Waals surface area contributed by atoms with Crippen molar-refractivity contribution < 1.29 is 9.18 Å². The molecule has 0 atom stereocenters. The van der Waals surface area contributed by atoms with Crippen LogP contribution in [-0.4, -0.2) is 16.1 Å². The van der Waals surface area contributed by atoms with Gasteiger partial charge in [-0.15, -0.1) is 10.2 Å². The molecule has 0 fully saturated rings. The van der Waals surface area contributed by atoms with Gasteiger partial charge >= 0.3 is 0 Å². The largest absolute Gasteiger partial charge is 0.320 e. The predicted octanol–water partition coefficient (Wildman–Crippen LogP) is 2.89. The molecule has 0 aliphatic rings. The van der Waals surface area contributed by atoms with E-state index >= 15 is 0 Å². The molecule has 7 heteroatoms. The van der Waals surface area contributed by atoms with Gasteiger partial charge in [0.15, 0.2) is 0 Å². The molecule has 0 saturated heterocycles. The Morgan fingerprint density at radius 2 is 2.24 bits per heavy atom. The zero-order valence-electron chi connectivity index (χ0n) is 8.70. The molecular formula is C10H7ClFN3OS. The van der Waals surface area contributed by atoms with Crippen molar-refractivity contribution in [2.45, 2.75) is 6.92 Å².